The predicted molar refractivity (Wildman–Crippen MR) is 131 cm³/mol. The molecule has 0 spiro atoms. The first-order valence-corrected chi connectivity index (χ1v) is 13.2. The van der Waals surface area contributed by atoms with Gasteiger partial charge in [0, 0.05) is 36.3 Å². The van der Waals surface area contributed by atoms with Crippen LogP contribution in [0.5, 0.6) is 5.88 Å². The highest BCUT2D eigenvalue weighted by atomic mass is 32.2. The lowest BCUT2D eigenvalue weighted by Crippen LogP contribution is -2.36. The van der Waals surface area contributed by atoms with Crippen LogP contribution >= 0.6 is 0 Å². The molecular formula is C25H27F3N4O5S. The number of carbonyl (C=O) groups is 1. The summed E-state index contributed by atoms with van der Waals surface area (Å²) in [5, 5.41) is 3.89. The summed E-state index contributed by atoms with van der Waals surface area (Å²) in [5.41, 5.74) is 2.00. The van der Waals surface area contributed by atoms with E-state index in [1.54, 1.807) is 13.0 Å². The van der Waals surface area contributed by atoms with Gasteiger partial charge < -0.3 is 14.2 Å². The molecule has 3 aromatic rings. The van der Waals surface area contributed by atoms with Gasteiger partial charge in [-0.2, -0.15) is 13.2 Å². The highest BCUT2D eigenvalue weighted by Gasteiger charge is 2.30. The van der Waals surface area contributed by atoms with Crippen LogP contribution in [0, 0.1) is 6.92 Å². The van der Waals surface area contributed by atoms with Crippen LogP contribution in [0.25, 0.3) is 0 Å². The number of amides is 1. The zero-order chi connectivity index (χ0) is 27.9. The fourth-order valence-electron chi connectivity index (χ4n) is 4.12. The molecule has 2 aromatic heterocycles. The largest absolute Gasteiger partial charge is 0.468 e. The maximum atomic E-state index is 13.1. The fourth-order valence-corrected chi connectivity index (χ4v) is 5.23. The van der Waals surface area contributed by atoms with Crippen molar-refractivity contribution >= 4 is 21.7 Å². The van der Waals surface area contributed by atoms with Gasteiger partial charge in [-0.3, -0.25) is 9.52 Å². The third kappa shape index (κ3) is 6.09. The number of pyridine rings is 1. The average Bonchev–Trinajstić information content (AvgIpc) is 3.21. The molecule has 9 nitrogen and oxygen atoms in total. The van der Waals surface area contributed by atoms with E-state index in [1.165, 1.54) is 29.2 Å². The first-order valence-electron chi connectivity index (χ1n) is 11.7. The van der Waals surface area contributed by atoms with Gasteiger partial charge in [-0.1, -0.05) is 32.0 Å². The maximum Gasteiger partial charge on any atom is 0.422 e. The van der Waals surface area contributed by atoms with Crippen LogP contribution in [-0.2, 0) is 28.4 Å². The third-order valence-electron chi connectivity index (χ3n) is 5.99. The SMILES string of the molecule is Cc1c(NS(=O)(=O)c2ccc3c(c2)CN(C(=O)c2ccc(OCC(F)(F)F)nc2)CC3)noc1C(C)(C)C. The van der Waals surface area contributed by atoms with E-state index in [2.05, 4.69) is 19.6 Å². The molecule has 0 aliphatic carbocycles. The summed E-state index contributed by atoms with van der Waals surface area (Å²) in [6, 6.07) is 7.28. The number of nitrogens with one attached hydrogen (secondary N) is 1. The number of carbonyl (C=O) groups excluding carboxylic acids is 1. The number of fused-ring (bicyclic) bond motifs is 1. The molecule has 0 radical (unpaired) electrons. The topological polar surface area (TPSA) is 115 Å². The van der Waals surface area contributed by atoms with Crippen molar-refractivity contribution in [3.05, 3.63) is 64.5 Å². The van der Waals surface area contributed by atoms with Gasteiger partial charge in [-0.15, -0.1) is 0 Å². The van der Waals surface area contributed by atoms with Crippen LogP contribution in [0.2, 0.25) is 0 Å². The van der Waals surface area contributed by atoms with Gasteiger partial charge in [0.25, 0.3) is 15.9 Å². The summed E-state index contributed by atoms with van der Waals surface area (Å²) >= 11 is 0. The van der Waals surface area contributed by atoms with Crippen LogP contribution in [0.15, 0.2) is 45.9 Å². The number of hydrogen-bond acceptors (Lipinski definition) is 7. The summed E-state index contributed by atoms with van der Waals surface area (Å²) in [7, 11) is -3.99. The molecule has 1 aromatic carbocycles. The van der Waals surface area contributed by atoms with E-state index < -0.39 is 22.8 Å². The number of benzene rings is 1. The molecule has 1 aliphatic heterocycles. The first kappa shape index (κ1) is 27.4. The van der Waals surface area contributed by atoms with E-state index in [1.807, 2.05) is 20.8 Å². The Morgan fingerprint density at radius 3 is 2.50 bits per heavy atom. The van der Waals surface area contributed by atoms with E-state index in [4.69, 9.17) is 4.52 Å². The number of hydrogen-bond donors (Lipinski definition) is 1. The van der Waals surface area contributed by atoms with Crippen molar-refractivity contribution in [2.24, 2.45) is 0 Å². The second kappa shape index (κ2) is 9.93. The number of nitrogens with zero attached hydrogens (tertiary/aromatic N) is 3. The number of aromatic nitrogens is 2. The molecule has 1 amide bonds. The lowest BCUT2D eigenvalue weighted by Gasteiger charge is -2.29. The number of alkyl halides is 3. The molecule has 13 heteroatoms. The Labute approximate surface area is 218 Å². The van der Waals surface area contributed by atoms with Gasteiger partial charge in [-0.05, 0) is 42.7 Å². The van der Waals surface area contributed by atoms with Gasteiger partial charge in [-0.25, -0.2) is 13.4 Å². The van der Waals surface area contributed by atoms with Crippen molar-refractivity contribution in [3.8, 4) is 5.88 Å². The van der Waals surface area contributed by atoms with Crippen LogP contribution in [0.1, 0.15) is 53.6 Å². The Morgan fingerprint density at radius 1 is 1.16 bits per heavy atom. The predicted octanol–water partition coefficient (Wildman–Crippen LogP) is 4.62. The van der Waals surface area contributed by atoms with E-state index in [9.17, 15) is 26.4 Å². The molecular weight excluding hydrogens is 525 g/mol. The quantitative estimate of drug-likeness (QED) is 0.475. The fraction of sp³-hybridized carbons (Fsp3) is 0.400. The molecule has 0 atom stereocenters. The Kier molecular flexibility index (Phi) is 7.17. The second-order valence-electron chi connectivity index (χ2n) is 10.0. The number of halogens is 3. The van der Waals surface area contributed by atoms with E-state index in [0.29, 0.717) is 29.9 Å². The second-order valence-corrected chi connectivity index (χ2v) is 11.7. The molecule has 0 fully saturated rings. The highest BCUT2D eigenvalue weighted by Crippen LogP contribution is 2.31. The summed E-state index contributed by atoms with van der Waals surface area (Å²) in [6.45, 7) is 6.58. The lowest BCUT2D eigenvalue weighted by molar-refractivity contribution is -0.154. The molecule has 0 saturated heterocycles. The standard InChI is InChI=1S/C25H27F3N4O5S/c1-15-21(24(2,3)4)37-30-22(15)31-38(34,35)19-7-5-16-9-10-32(13-18(16)11-19)23(33)17-6-8-20(29-12-17)36-14-25(26,27)28/h5-8,11-12H,9-10,13-14H2,1-4H3,(H,30,31). The molecule has 0 bridgehead atoms. The van der Waals surface area contributed by atoms with Gasteiger partial charge >= 0.3 is 6.18 Å². The Balaban J connectivity index is 1.48. The van der Waals surface area contributed by atoms with Crippen molar-refractivity contribution < 1.29 is 35.6 Å². The van der Waals surface area contributed by atoms with E-state index in [0.717, 1.165) is 11.8 Å². The Bertz CT molecular complexity index is 1450. The molecule has 204 valence electrons. The van der Waals surface area contributed by atoms with Crippen molar-refractivity contribution in [2.75, 3.05) is 17.9 Å². The summed E-state index contributed by atoms with van der Waals surface area (Å²) in [4.78, 5) is 18.3. The van der Waals surface area contributed by atoms with Gasteiger partial charge in [0.15, 0.2) is 12.4 Å². The van der Waals surface area contributed by atoms with Crippen molar-refractivity contribution in [2.45, 2.75) is 57.1 Å². The zero-order valence-corrected chi connectivity index (χ0v) is 22.0. The number of rotatable bonds is 6. The molecule has 3 heterocycles. The average molecular weight is 553 g/mol. The molecule has 1 N–H and O–H groups in total. The molecule has 0 saturated carbocycles. The van der Waals surface area contributed by atoms with Gasteiger partial charge in [0.1, 0.15) is 5.76 Å². The summed E-state index contributed by atoms with van der Waals surface area (Å²) in [5.74, 6) is 0.0517. The normalized spacial score (nSPS) is 14.2. The third-order valence-corrected chi connectivity index (χ3v) is 7.33. The van der Waals surface area contributed by atoms with Crippen molar-refractivity contribution in [1.82, 2.24) is 15.0 Å². The van der Waals surface area contributed by atoms with Crippen LogP contribution in [-0.4, -0.2) is 48.7 Å². The van der Waals surface area contributed by atoms with Crippen LogP contribution in [0.3, 0.4) is 0 Å². The monoisotopic (exact) mass is 552 g/mol. The number of ether oxygens (including phenoxy) is 1. The van der Waals surface area contributed by atoms with Crippen LogP contribution < -0.4 is 9.46 Å². The minimum absolute atomic E-state index is 0.0121. The zero-order valence-electron chi connectivity index (χ0n) is 21.2. The highest BCUT2D eigenvalue weighted by molar-refractivity contribution is 7.92. The Morgan fingerprint density at radius 2 is 1.89 bits per heavy atom. The minimum Gasteiger partial charge on any atom is -0.468 e. The molecule has 0 unspecified atom stereocenters. The lowest BCUT2D eigenvalue weighted by atomic mass is 9.91. The summed E-state index contributed by atoms with van der Waals surface area (Å²) < 4.78 is 75.6. The Hall–Kier alpha value is -3.61. The minimum atomic E-state index is -4.50. The van der Waals surface area contributed by atoms with Gasteiger partial charge in [0.05, 0.1) is 10.5 Å². The maximum absolute atomic E-state index is 13.1. The molecule has 4 rings (SSSR count). The molecule has 1 aliphatic rings. The number of anilines is 1. The van der Waals surface area contributed by atoms with Crippen LogP contribution in [0.4, 0.5) is 19.0 Å². The smallest absolute Gasteiger partial charge is 0.422 e. The van der Waals surface area contributed by atoms with E-state index >= 15 is 0 Å². The number of sulfonamides is 1. The first-order chi connectivity index (χ1) is 17.6. The van der Waals surface area contributed by atoms with Crippen molar-refractivity contribution in [1.29, 1.82) is 0 Å². The van der Waals surface area contributed by atoms with Gasteiger partial charge in [0.2, 0.25) is 5.88 Å². The van der Waals surface area contributed by atoms with E-state index in [-0.39, 0.29) is 40.0 Å². The van der Waals surface area contributed by atoms with Crippen molar-refractivity contribution in [3.63, 3.8) is 0 Å². The molecule has 38 heavy (non-hydrogen) atoms. The summed E-state index contributed by atoms with van der Waals surface area (Å²) in [6.07, 6.45) is -2.84.